The van der Waals surface area contributed by atoms with Crippen molar-refractivity contribution in [3.05, 3.63) is 0 Å². The van der Waals surface area contributed by atoms with E-state index in [1.54, 1.807) is 0 Å². The normalized spacial score (nSPS) is 54.0. The lowest BCUT2D eigenvalue weighted by molar-refractivity contribution is -0.357. The fourth-order valence-electron chi connectivity index (χ4n) is 3.61. The molecule has 0 aromatic heterocycles. The molecule has 14 atom stereocenters. The molecule has 0 aliphatic carbocycles. The Bertz CT molecular complexity index is 581. The molecule has 3 rings (SSSR count). The summed E-state index contributed by atoms with van der Waals surface area (Å²) in [6.07, 6.45) is -21.1. The van der Waals surface area contributed by atoms with Crippen LogP contribution in [-0.2, 0) is 23.7 Å². The summed E-state index contributed by atoms with van der Waals surface area (Å²) in [7, 11) is 0. The van der Waals surface area contributed by atoms with Gasteiger partial charge in [-0.2, -0.15) is 0 Å². The minimum absolute atomic E-state index is 0.312. The van der Waals surface area contributed by atoms with Gasteiger partial charge in [-0.25, -0.2) is 0 Å². The molecule has 3 saturated heterocycles. The van der Waals surface area contributed by atoms with E-state index in [9.17, 15) is 46.0 Å². The predicted molar refractivity (Wildman–Crippen MR) is 93.8 cm³/mol. The Morgan fingerprint density at radius 2 is 1.35 bits per heavy atom. The van der Waals surface area contributed by atoms with E-state index < -0.39 is 92.6 Å². The van der Waals surface area contributed by atoms with Crippen LogP contribution in [0.3, 0.4) is 0 Å². The molecule has 0 radical (unpaired) electrons. The predicted octanol–water partition coefficient (Wildman–Crippen LogP) is -5.91. The smallest absolute Gasteiger partial charge is 0.187 e. The molecule has 0 saturated carbocycles. The monoisotopic (exact) mass is 458 g/mol. The molecule has 14 nitrogen and oxygen atoms in total. The Kier molecular flexibility index (Phi) is 8.21. The highest BCUT2D eigenvalue weighted by molar-refractivity contribution is 4.93. The topological polar surface area (TPSA) is 228 Å². The fraction of sp³-hybridized carbons (Fsp3) is 1.00. The van der Waals surface area contributed by atoms with Crippen molar-refractivity contribution in [3.63, 3.8) is 0 Å². The van der Waals surface area contributed by atoms with Crippen LogP contribution in [0.2, 0.25) is 0 Å². The minimum Gasteiger partial charge on any atom is -0.388 e. The highest BCUT2D eigenvalue weighted by Crippen LogP contribution is 2.29. The van der Waals surface area contributed by atoms with Gasteiger partial charge < -0.3 is 69.6 Å². The molecule has 9 N–H and O–H groups in total. The van der Waals surface area contributed by atoms with Gasteiger partial charge in [0.05, 0.1) is 19.3 Å². The Hall–Kier alpha value is -0.560. The maximum Gasteiger partial charge on any atom is 0.187 e. The zero-order valence-electron chi connectivity index (χ0n) is 16.6. The lowest BCUT2D eigenvalue weighted by Gasteiger charge is -2.45. The Morgan fingerprint density at radius 1 is 0.710 bits per heavy atom. The first-order chi connectivity index (χ1) is 14.5. The number of ether oxygens (including phenoxy) is 5. The van der Waals surface area contributed by atoms with E-state index in [1.165, 1.54) is 6.92 Å². The second kappa shape index (κ2) is 10.1. The molecule has 3 heterocycles. The lowest BCUT2D eigenvalue weighted by atomic mass is 9.97. The zero-order valence-corrected chi connectivity index (χ0v) is 16.6. The van der Waals surface area contributed by atoms with Gasteiger partial charge in [0.15, 0.2) is 18.9 Å². The molecule has 3 fully saturated rings. The summed E-state index contributed by atoms with van der Waals surface area (Å²) in [5, 5.41) is 89.5. The molecule has 0 bridgehead atoms. The number of hydrogen-bond donors (Lipinski definition) is 9. The molecule has 0 spiro atoms. The summed E-state index contributed by atoms with van der Waals surface area (Å²) in [5.41, 5.74) is 0. The summed E-state index contributed by atoms with van der Waals surface area (Å²) in [6, 6.07) is 0. The summed E-state index contributed by atoms with van der Waals surface area (Å²) in [6.45, 7) is 0.619. The molecule has 0 aromatic rings. The van der Waals surface area contributed by atoms with Crippen molar-refractivity contribution in [2.24, 2.45) is 0 Å². The van der Waals surface area contributed by atoms with E-state index in [1.807, 2.05) is 0 Å². The van der Waals surface area contributed by atoms with Crippen LogP contribution < -0.4 is 0 Å². The molecule has 182 valence electrons. The maximum atomic E-state index is 10.6. The van der Waals surface area contributed by atoms with Gasteiger partial charge in [0.1, 0.15) is 61.0 Å². The van der Waals surface area contributed by atoms with Gasteiger partial charge in [-0.05, 0) is 6.92 Å². The molecular formula is C17H30O14. The summed E-state index contributed by atoms with van der Waals surface area (Å²) >= 11 is 0. The Balaban J connectivity index is 1.62. The average molecular weight is 458 g/mol. The van der Waals surface area contributed by atoms with Gasteiger partial charge in [-0.3, -0.25) is 0 Å². The number of hydrogen-bond acceptors (Lipinski definition) is 14. The van der Waals surface area contributed by atoms with Crippen molar-refractivity contribution in [2.45, 2.75) is 92.9 Å². The highest BCUT2D eigenvalue weighted by Gasteiger charge is 2.50. The standard InChI is InChI=1S/C17H30O14/c1-4-7(19)10(22)12(24)17(29-4)31-14-9(21)6(30-15(26)13(14)25)3-28-16-11(23)8(20)5(18)2-27-16/h4-26H,2-3H2,1H3/t4-,5+,6+,7-,8-,9+,10+,11+,12+,13+,14-,15+,16-,17-/m0/s1. The largest absolute Gasteiger partial charge is 0.388 e. The van der Waals surface area contributed by atoms with Crippen molar-refractivity contribution in [1.82, 2.24) is 0 Å². The van der Waals surface area contributed by atoms with Crippen molar-refractivity contribution in [2.75, 3.05) is 13.2 Å². The van der Waals surface area contributed by atoms with E-state index in [0.717, 1.165) is 0 Å². The second-order valence-corrected chi connectivity index (χ2v) is 7.91. The first kappa shape index (κ1) is 25.1. The SMILES string of the molecule is C[C@@H]1O[C@@H](O[C@@H]2[C@@H](O)[C@H](O)O[C@H](CO[C@@H]3OC[C@@H](O)[C@H](O)[C@H]3O)[C@H]2O)[C@H](O)[C@H](O)[C@H]1O. The summed E-state index contributed by atoms with van der Waals surface area (Å²) < 4.78 is 26.2. The van der Waals surface area contributed by atoms with Gasteiger partial charge >= 0.3 is 0 Å². The van der Waals surface area contributed by atoms with Crippen LogP contribution >= 0.6 is 0 Å². The third kappa shape index (κ3) is 5.18. The van der Waals surface area contributed by atoms with E-state index in [0.29, 0.717) is 0 Å². The quantitative estimate of drug-likeness (QED) is 0.187. The number of aliphatic hydroxyl groups excluding tert-OH is 9. The van der Waals surface area contributed by atoms with Crippen LogP contribution in [0.4, 0.5) is 0 Å². The first-order valence-electron chi connectivity index (χ1n) is 9.85. The number of aliphatic hydroxyl groups is 9. The number of rotatable bonds is 5. The van der Waals surface area contributed by atoms with Crippen LogP contribution in [0.15, 0.2) is 0 Å². The Morgan fingerprint density at radius 3 is 2.03 bits per heavy atom. The molecule has 0 aromatic carbocycles. The summed E-state index contributed by atoms with van der Waals surface area (Å²) in [4.78, 5) is 0. The van der Waals surface area contributed by atoms with Crippen LogP contribution in [0, 0.1) is 0 Å². The van der Waals surface area contributed by atoms with Gasteiger partial charge in [0, 0.05) is 0 Å². The van der Waals surface area contributed by atoms with Gasteiger partial charge in [0.2, 0.25) is 0 Å². The van der Waals surface area contributed by atoms with E-state index >= 15 is 0 Å². The van der Waals surface area contributed by atoms with Crippen molar-refractivity contribution < 1.29 is 69.6 Å². The molecule has 3 aliphatic heterocycles. The van der Waals surface area contributed by atoms with Gasteiger partial charge in [-0.1, -0.05) is 0 Å². The second-order valence-electron chi connectivity index (χ2n) is 7.91. The zero-order chi connectivity index (χ0) is 23.0. The highest BCUT2D eigenvalue weighted by atomic mass is 16.7. The van der Waals surface area contributed by atoms with Crippen molar-refractivity contribution in [3.8, 4) is 0 Å². The van der Waals surface area contributed by atoms with E-state index in [4.69, 9.17) is 23.7 Å². The van der Waals surface area contributed by atoms with Crippen LogP contribution in [0.25, 0.3) is 0 Å². The first-order valence-corrected chi connectivity index (χ1v) is 9.85. The molecule has 14 heteroatoms. The lowest BCUT2D eigenvalue weighted by Crippen LogP contribution is -2.64. The molecule has 0 amide bonds. The third-order valence-electron chi connectivity index (χ3n) is 5.64. The molecular weight excluding hydrogens is 428 g/mol. The van der Waals surface area contributed by atoms with Crippen LogP contribution in [-0.4, -0.2) is 145 Å². The Labute approximate surface area is 176 Å². The average Bonchev–Trinajstić information content (AvgIpc) is 2.74. The van der Waals surface area contributed by atoms with Crippen LogP contribution in [0.1, 0.15) is 6.92 Å². The minimum atomic E-state index is -1.83. The third-order valence-corrected chi connectivity index (χ3v) is 5.64. The molecule has 0 unspecified atom stereocenters. The van der Waals surface area contributed by atoms with Crippen molar-refractivity contribution >= 4 is 0 Å². The fourth-order valence-corrected chi connectivity index (χ4v) is 3.61. The summed E-state index contributed by atoms with van der Waals surface area (Å²) in [5.74, 6) is 0. The van der Waals surface area contributed by atoms with E-state index in [-0.39, 0.29) is 6.61 Å². The van der Waals surface area contributed by atoms with Crippen LogP contribution in [0.5, 0.6) is 0 Å². The molecule has 3 aliphatic rings. The van der Waals surface area contributed by atoms with Gasteiger partial charge in [0.25, 0.3) is 0 Å². The maximum absolute atomic E-state index is 10.6. The van der Waals surface area contributed by atoms with E-state index in [2.05, 4.69) is 0 Å². The van der Waals surface area contributed by atoms with Crippen molar-refractivity contribution in [1.29, 1.82) is 0 Å². The molecule has 31 heavy (non-hydrogen) atoms. The van der Waals surface area contributed by atoms with Gasteiger partial charge in [-0.15, -0.1) is 0 Å².